The molecule has 1 aromatic rings. The van der Waals surface area contributed by atoms with Gasteiger partial charge in [0.15, 0.2) is 0 Å². The van der Waals surface area contributed by atoms with Gasteiger partial charge in [-0.15, -0.1) is 0 Å². The number of aryl methyl sites for hydroxylation is 1. The first-order valence-electron chi connectivity index (χ1n) is 7.74. The molecule has 1 N–H and O–H groups in total. The average Bonchev–Trinajstić information content (AvgIpc) is 3.24. The highest BCUT2D eigenvalue weighted by atomic mass is 32.2. The summed E-state index contributed by atoms with van der Waals surface area (Å²) in [6.07, 6.45) is 3.63. The van der Waals surface area contributed by atoms with E-state index in [-0.39, 0.29) is 4.90 Å². The Morgan fingerprint density at radius 1 is 1.36 bits per heavy atom. The molecule has 1 aliphatic heterocycles. The summed E-state index contributed by atoms with van der Waals surface area (Å²) in [5, 5.41) is 8.94. The molecule has 118 valence electrons. The van der Waals surface area contributed by atoms with Crippen LogP contribution in [0.4, 0.5) is 0 Å². The minimum Gasteiger partial charge on any atom is -0.300 e. The van der Waals surface area contributed by atoms with Crippen LogP contribution in [0.5, 0.6) is 0 Å². The predicted octanol–water partition coefficient (Wildman–Crippen LogP) is 1.63. The Balaban J connectivity index is 1.65. The standard InChI is InChI=1S/C16H21N3O2S/c1-12-2-3-13(9-17)8-16(12)22(20,21)18-10-14-6-7-19(11-14)15-4-5-15/h2-3,8,14-15,18H,4-7,10-11H2,1H3/t14-/m0/s1. The van der Waals surface area contributed by atoms with E-state index in [0.717, 1.165) is 25.6 Å². The van der Waals surface area contributed by atoms with E-state index in [1.807, 2.05) is 6.07 Å². The molecule has 0 unspecified atom stereocenters. The fourth-order valence-corrected chi connectivity index (χ4v) is 4.45. The van der Waals surface area contributed by atoms with Gasteiger partial charge in [-0.3, -0.25) is 0 Å². The summed E-state index contributed by atoms with van der Waals surface area (Å²) in [5.74, 6) is 0.384. The molecule has 2 aliphatic rings. The molecule has 1 heterocycles. The highest BCUT2D eigenvalue weighted by Crippen LogP contribution is 2.31. The number of hydrogen-bond acceptors (Lipinski definition) is 4. The molecule has 1 atom stereocenters. The van der Waals surface area contributed by atoms with Crippen LogP contribution in [0.15, 0.2) is 23.1 Å². The largest absolute Gasteiger partial charge is 0.300 e. The third-order valence-electron chi connectivity index (χ3n) is 4.55. The lowest BCUT2D eigenvalue weighted by Crippen LogP contribution is -2.32. The fourth-order valence-electron chi connectivity index (χ4n) is 3.07. The summed E-state index contributed by atoms with van der Waals surface area (Å²) in [6, 6.07) is 7.50. The van der Waals surface area contributed by atoms with Gasteiger partial charge >= 0.3 is 0 Å². The van der Waals surface area contributed by atoms with E-state index in [4.69, 9.17) is 5.26 Å². The van der Waals surface area contributed by atoms with Gasteiger partial charge in [0, 0.05) is 19.1 Å². The maximum atomic E-state index is 12.5. The highest BCUT2D eigenvalue weighted by molar-refractivity contribution is 7.89. The highest BCUT2D eigenvalue weighted by Gasteiger charge is 2.34. The van der Waals surface area contributed by atoms with Gasteiger partial charge in [0.2, 0.25) is 10.0 Å². The first-order chi connectivity index (χ1) is 10.5. The maximum absolute atomic E-state index is 12.5. The second kappa shape index (κ2) is 5.99. The number of nitrogens with one attached hydrogen (secondary N) is 1. The van der Waals surface area contributed by atoms with Crippen molar-refractivity contribution in [3.05, 3.63) is 29.3 Å². The minimum absolute atomic E-state index is 0.212. The second-order valence-electron chi connectivity index (χ2n) is 6.32. The summed E-state index contributed by atoms with van der Waals surface area (Å²) < 4.78 is 27.7. The molecule has 0 aromatic heterocycles. The van der Waals surface area contributed by atoms with E-state index in [1.165, 1.54) is 18.9 Å². The summed E-state index contributed by atoms with van der Waals surface area (Å²) in [4.78, 5) is 2.68. The molecule has 0 bridgehead atoms. The molecule has 6 heteroatoms. The lowest BCUT2D eigenvalue weighted by molar-refractivity contribution is 0.314. The number of rotatable bonds is 5. The van der Waals surface area contributed by atoms with Crippen LogP contribution in [-0.4, -0.2) is 39.0 Å². The van der Waals surface area contributed by atoms with E-state index in [9.17, 15) is 8.42 Å². The van der Waals surface area contributed by atoms with Gasteiger partial charge in [-0.2, -0.15) is 5.26 Å². The Labute approximate surface area is 132 Å². The molecule has 1 saturated heterocycles. The van der Waals surface area contributed by atoms with Crippen molar-refractivity contribution in [3.63, 3.8) is 0 Å². The maximum Gasteiger partial charge on any atom is 0.240 e. The predicted molar refractivity (Wildman–Crippen MR) is 83.8 cm³/mol. The number of benzene rings is 1. The van der Waals surface area contributed by atoms with Gasteiger partial charge in [0.05, 0.1) is 16.5 Å². The van der Waals surface area contributed by atoms with Gasteiger partial charge in [-0.1, -0.05) is 6.07 Å². The Morgan fingerprint density at radius 3 is 2.82 bits per heavy atom. The molecular weight excluding hydrogens is 298 g/mol. The van der Waals surface area contributed by atoms with E-state index in [1.54, 1.807) is 19.1 Å². The van der Waals surface area contributed by atoms with Crippen LogP contribution in [0.25, 0.3) is 0 Å². The summed E-state index contributed by atoms with van der Waals surface area (Å²) in [5.41, 5.74) is 1.03. The van der Waals surface area contributed by atoms with Crippen molar-refractivity contribution in [3.8, 4) is 6.07 Å². The number of sulfonamides is 1. The first kappa shape index (κ1) is 15.5. The Hall–Kier alpha value is -1.42. The topological polar surface area (TPSA) is 73.2 Å². The van der Waals surface area contributed by atoms with E-state index in [0.29, 0.717) is 23.6 Å². The van der Waals surface area contributed by atoms with Crippen LogP contribution in [0, 0.1) is 24.2 Å². The third-order valence-corrected chi connectivity index (χ3v) is 6.11. The SMILES string of the molecule is Cc1ccc(C#N)cc1S(=O)(=O)NC[C@@H]1CCN(C2CC2)C1. The molecule has 0 radical (unpaired) electrons. The minimum atomic E-state index is -3.55. The van der Waals surface area contributed by atoms with Gasteiger partial charge in [-0.25, -0.2) is 13.1 Å². The number of nitriles is 1. The fraction of sp³-hybridized carbons (Fsp3) is 0.562. The number of nitrogens with zero attached hydrogens (tertiary/aromatic N) is 2. The number of hydrogen-bond donors (Lipinski definition) is 1. The Kier molecular flexibility index (Phi) is 4.22. The monoisotopic (exact) mass is 319 g/mol. The summed E-state index contributed by atoms with van der Waals surface area (Å²) in [6.45, 7) is 4.30. The summed E-state index contributed by atoms with van der Waals surface area (Å²) >= 11 is 0. The van der Waals surface area contributed by atoms with Crippen molar-refractivity contribution in [2.45, 2.75) is 37.1 Å². The Bertz CT molecular complexity index is 705. The lowest BCUT2D eigenvalue weighted by Gasteiger charge is -2.15. The first-order valence-corrected chi connectivity index (χ1v) is 9.22. The van der Waals surface area contributed by atoms with E-state index < -0.39 is 10.0 Å². The van der Waals surface area contributed by atoms with Gasteiger partial charge in [0.1, 0.15) is 0 Å². The van der Waals surface area contributed by atoms with Crippen molar-refractivity contribution in [2.24, 2.45) is 5.92 Å². The molecular formula is C16H21N3O2S. The zero-order valence-electron chi connectivity index (χ0n) is 12.7. The Morgan fingerprint density at radius 2 is 2.14 bits per heavy atom. The third kappa shape index (κ3) is 3.32. The molecule has 2 fully saturated rings. The van der Waals surface area contributed by atoms with Crippen molar-refractivity contribution >= 4 is 10.0 Å². The normalized spacial score (nSPS) is 22.6. The average molecular weight is 319 g/mol. The van der Waals surface area contributed by atoms with Crippen molar-refractivity contribution < 1.29 is 8.42 Å². The van der Waals surface area contributed by atoms with E-state index in [2.05, 4.69) is 9.62 Å². The van der Waals surface area contributed by atoms with Crippen LogP contribution in [0.2, 0.25) is 0 Å². The molecule has 5 nitrogen and oxygen atoms in total. The van der Waals surface area contributed by atoms with Crippen molar-refractivity contribution in [2.75, 3.05) is 19.6 Å². The molecule has 0 spiro atoms. The van der Waals surface area contributed by atoms with Crippen LogP contribution in [0.1, 0.15) is 30.4 Å². The van der Waals surface area contributed by atoms with Crippen molar-refractivity contribution in [1.82, 2.24) is 9.62 Å². The van der Waals surface area contributed by atoms with Gasteiger partial charge in [-0.05, 0) is 56.3 Å². The van der Waals surface area contributed by atoms with Gasteiger partial charge < -0.3 is 4.90 Å². The lowest BCUT2D eigenvalue weighted by atomic mass is 10.1. The second-order valence-corrected chi connectivity index (χ2v) is 8.06. The molecule has 22 heavy (non-hydrogen) atoms. The van der Waals surface area contributed by atoms with Gasteiger partial charge in [0.25, 0.3) is 0 Å². The zero-order chi connectivity index (χ0) is 15.7. The molecule has 1 aliphatic carbocycles. The van der Waals surface area contributed by atoms with Crippen LogP contribution < -0.4 is 4.72 Å². The van der Waals surface area contributed by atoms with E-state index >= 15 is 0 Å². The zero-order valence-corrected chi connectivity index (χ0v) is 13.6. The quantitative estimate of drug-likeness (QED) is 0.895. The summed E-state index contributed by atoms with van der Waals surface area (Å²) in [7, 11) is -3.55. The molecule has 3 rings (SSSR count). The van der Waals surface area contributed by atoms with Crippen molar-refractivity contribution in [1.29, 1.82) is 5.26 Å². The molecule has 1 aromatic carbocycles. The number of likely N-dealkylation sites (tertiary alicyclic amines) is 1. The van der Waals surface area contributed by atoms with Crippen LogP contribution in [-0.2, 0) is 10.0 Å². The molecule has 0 amide bonds. The van der Waals surface area contributed by atoms with Crippen LogP contribution in [0.3, 0.4) is 0 Å². The van der Waals surface area contributed by atoms with Crippen LogP contribution >= 0.6 is 0 Å². The molecule has 1 saturated carbocycles. The smallest absolute Gasteiger partial charge is 0.240 e.